The average molecular weight is 338 g/mol. The van der Waals surface area contributed by atoms with Crippen molar-refractivity contribution < 1.29 is 21.6 Å². The van der Waals surface area contributed by atoms with Crippen molar-refractivity contribution in [2.75, 3.05) is 30.9 Å². The van der Waals surface area contributed by atoms with Crippen LogP contribution >= 0.6 is 0 Å². The molecule has 1 unspecified atom stereocenters. The Hall–Kier alpha value is -0.670. The third-order valence-electron chi connectivity index (χ3n) is 3.98. The second-order valence-electron chi connectivity index (χ2n) is 5.78. The third kappa shape index (κ3) is 4.17. The van der Waals surface area contributed by atoms with Gasteiger partial charge in [-0.15, -0.1) is 0 Å². The fourth-order valence-corrected chi connectivity index (χ4v) is 5.59. The van der Waals surface area contributed by atoms with Crippen molar-refractivity contribution in [3.63, 3.8) is 0 Å². The summed E-state index contributed by atoms with van der Waals surface area (Å²) >= 11 is 0. The normalized spacial score (nSPS) is 25.2. The number of rotatable bonds is 6. The van der Waals surface area contributed by atoms with Crippen molar-refractivity contribution in [3.05, 3.63) is 0 Å². The van der Waals surface area contributed by atoms with Gasteiger partial charge in [0.25, 0.3) is 0 Å². The summed E-state index contributed by atoms with van der Waals surface area (Å²) in [6, 6.07) is -0.400. The van der Waals surface area contributed by atoms with E-state index >= 15 is 0 Å². The van der Waals surface area contributed by atoms with Crippen LogP contribution in [0.3, 0.4) is 0 Å². The molecule has 0 aromatic rings. The van der Waals surface area contributed by atoms with E-state index in [1.165, 1.54) is 9.21 Å². The van der Waals surface area contributed by atoms with Gasteiger partial charge in [0.2, 0.25) is 15.9 Å². The molecule has 1 heterocycles. The summed E-state index contributed by atoms with van der Waals surface area (Å²) in [5, 5.41) is 0. The van der Waals surface area contributed by atoms with Crippen LogP contribution in [0.4, 0.5) is 0 Å². The maximum absolute atomic E-state index is 12.4. The van der Waals surface area contributed by atoms with Crippen LogP contribution in [0, 0.1) is 0 Å². The van der Waals surface area contributed by atoms with Gasteiger partial charge in [0, 0.05) is 18.6 Å². The molecule has 21 heavy (non-hydrogen) atoms. The van der Waals surface area contributed by atoms with Crippen molar-refractivity contribution in [1.82, 2.24) is 9.21 Å². The Morgan fingerprint density at radius 3 is 2.19 bits per heavy atom. The molecular weight excluding hydrogens is 316 g/mol. The van der Waals surface area contributed by atoms with Crippen LogP contribution in [0.5, 0.6) is 0 Å². The number of nitrogens with zero attached hydrogens (tertiary/aromatic N) is 2. The highest BCUT2D eigenvalue weighted by Gasteiger charge is 2.39. The molecular formula is C12H22N2O5S2. The Labute approximate surface area is 126 Å². The van der Waals surface area contributed by atoms with E-state index in [-0.39, 0.29) is 36.0 Å². The summed E-state index contributed by atoms with van der Waals surface area (Å²) in [5.41, 5.74) is 0. The Morgan fingerprint density at radius 2 is 1.81 bits per heavy atom. The van der Waals surface area contributed by atoms with E-state index in [9.17, 15) is 21.6 Å². The largest absolute Gasteiger partial charge is 0.338 e. The Balaban J connectivity index is 2.06. The van der Waals surface area contributed by atoms with Gasteiger partial charge < -0.3 is 4.90 Å². The SMILES string of the molecule is CCN(C(=O)CN(C1CC1)S(C)(=O)=O)C1CCS(=O)(=O)C1. The topological polar surface area (TPSA) is 91.8 Å². The zero-order valence-corrected chi connectivity index (χ0v) is 14.0. The highest BCUT2D eigenvalue weighted by Crippen LogP contribution is 2.29. The zero-order chi connectivity index (χ0) is 15.8. The lowest BCUT2D eigenvalue weighted by Crippen LogP contribution is -2.47. The first-order chi connectivity index (χ1) is 9.64. The minimum absolute atomic E-state index is 0.0190. The molecule has 0 bridgehead atoms. The highest BCUT2D eigenvalue weighted by atomic mass is 32.2. The quantitative estimate of drug-likeness (QED) is 0.648. The summed E-state index contributed by atoms with van der Waals surface area (Å²) in [4.78, 5) is 13.9. The van der Waals surface area contributed by atoms with E-state index in [4.69, 9.17) is 0 Å². The lowest BCUT2D eigenvalue weighted by molar-refractivity contribution is -0.133. The van der Waals surface area contributed by atoms with Crippen molar-refractivity contribution in [1.29, 1.82) is 0 Å². The molecule has 7 nitrogen and oxygen atoms in total. The highest BCUT2D eigenvalue weighted by molar-refractivity contribution is 7.91. The van der Waals surface area contributed by atoms with Gasteiger partial charge >= 0.3 is 0 Å². The molecule has 2 aliphatic rings. The van der Waals surface area contributed by atoms with E-state index < -0.39 is 19.9 Å². The Kier molecular flexibility index (Phi) is 4.65. The second kappa shape index (κ2) is 5.85. The van der Waals surface area contributed by atoms with E-state index in [0.717, 1.165) is 19.1 Å². The summed E-state index contributed by atoms with van der Waals surface area (Å²) < 4.78 is 47.8. The van der Waals surface area contributed by atoms with Crippen LogP contribution in [0.15, 0.2) is 0 Å². The lowest BCUT2D eigenvalue weighted by atomic mass is 10.2. The van der Waals surface area contributed by atoms with Crippen molar-refractivity contribution >= 4 is 25.8 Å². The molecule has 1 amide bonds. The molecule has 0 spiro atoms. The van der Waals surface area contributed by atoms with Crippen LogP contribution < -0.4 is 0 Å². The molecule has 1 saturated heterocycles. The summed E-state index contributed by atoms with van der Waals surface area (Å²) in [6.45, 7) is 1.99. The van der Waals surface area contributed by atoms with E-state index in [1.807, 2.05) is 0 Å². The maximum Gasteiger partial charge on any atom is 0.238 e. The molecule has 1 saturated carbocycles. The second-order valence-corrected chi connectivity index (χ2v) is 9.94. The molecule has 1 atom stereocenters. The van der Waals surface area contributed by atoms with E-state index in [2.05, 4.69) is 0 Å². The van der Waals surface area contributed by atoms with Gasteiger partial charge in [0.05, 0.1) is 24.3 Å². The van der Waals surface area contributed by atoms with Crippen LogP contribution in [0.1, 0.15) is 26.2 Å². The molecule has 2 fully saturated rings. The van der Waals surface area contributed by atoms with Crippen molar-refractivity contribution in [2.24, 2.45) is 0 Å². The smallest absolute Gasteiger partial charge is 0.238 e. The van der Waals surface area contributed by atoms with Crippen LogP contribution in [0.25, 0.3) is 0 Å². The third-order valence-corrected chi connectivity index (χ3v) is 7.01. The zero-order valence-electron chi connectivity index (χ0n) is 12.4. The molecule has 0 radical (unpaired) electrons. The molecule has 2 rings (SSSR count). The first kappa shape index (κ1) is 16.7. The minimum Gasteiger partial charge on any atom is -0.338 e. The summed E-state index contributed by atoms with van der Waals surface area (Å²) in [6.07, 6.45) is 3.10. The van der Waals surface area contributed by atoms with Crippen LogP contribution in [-0.2, 0) is 24.7 Å². The standard InChI is InChI=1S/C12H22N2O5S2/c1-3-13(11-6-7-21(18,19)9-11)12(15)8-14(10-4-5-10)20(2,16)17/h10-11H,3-9H2,1-2H3. The van der Waals surface area contributed by atoms with Gasteiger partial charge in [-0.1, -0.05) is 0 Å². The fourth-order valence-electron chi connectivity index (χ4n) is 2.76. The minimum atomic E-state index is -3.42. The summed E-state index contributed by atoms with van der Waals surface area (Å²) in [7, 11) is -6.49. The Morgan fingerprint density at radius 1 is 1.19 bits per heavy atom. The molecule has 1 aliphatic carbocycles. The van der Waals surface area contributed by atoms with Crippen molar-refractivity contribution in [3.8, 4) is 0 Å². The lowest BCUT2D eigenvalue weighted by Gasteiger charge is -2.29. The number of sulfone groups is 1. The van der Waals surface area contributed by atoms with Gasteiger partial charge in [-0.25, -0.2) is 16.8 Å². The molecule has 0 aromatic heterocycles. The monoisotopic (exact) mass is 338 g/mol. The number of likely N-dealkylation sites (N-methyl/N-ethyl adjacent to an activating group) is 1. The molecule has 122 valence electrons. The van der Waals surface area contributed by atoms with Crippen LogP contribution in [0.2, 0.25) is 0 Å². The molecule has 1 aliphatic heterocycles. The van der Waals surface area contributed by atoms with Gasteiger partial charge in [-0.2, -0.15) is 4.31 Å². The number of hydrogen-bond donors (Lipinski definition) is 0. The van der Waals surface area contributed by atoms with Crippen molar-refractivity contribution in [2.45, 2.75) is 38.3 Å². The predicted molar refractivity (Wildman–Crippen MR) is 79.0 cm³/mol. The van der Waals surface area contributed by atoms with Crippen LogP contribution in [-0.4, -0.2) is 74.9 Å². The number of carbonyl (C=O) groups is 1. The number of hydrogen-bond acceptors (Lipinski definition) is 5. The first-order valence-corrected chi connectivity index (χ1v) is 10.8. The maximum atomic E-state index is 12.4. The fraction of sp³-hybridized carbons (Fsp3) is 0.917. The molecule has 0 aromatic carbocycles. The Bertz CT molecular complexity index is 610. The van der Waals surface area contributed by atoms with Gasteiger partial charge in [0.15, 0.2) is 9.84 Å². The first-order valence-electron chi connectivity index (χ1n) is 7.11. The van der Waals surface area contributed by atoms with E-state index in [1.54, 1.807) is 6.92 Å². The van der Waals surface area contributed by atoms with Gasteiger partial charge in [0.1, 0.15) is 0 Å². The number of amides is 1. The van der Waals surface area contributed by atoms with Gasteiger partial charge in [-0.05, 0) is 26.2 Å². The predicted octanol–water partition coefficient (Wildman–Crippen LogP) is -0.554. The number of sulfonamides is 1. The van der Waals surface area contributed by atoms with E-state index in [0.29, 0.717) is 13.0 Å². The number of carbonyl (C=O) groups excluding carboxylic acids is 1. The molecule has 0 N–H and O–H groups in total. The molecule has 9 heteroatoms. The average Bonchev–Trinajstić information content (AvgIpc) is 3.11. The van der Waals surface area contributed by atoms with Gasteiger partial charge in [-0.3, -0.25) is 4.79 Å². The summed E-state index contributed by atoms with van der Waals surface area (Å²) in [5.74, 6) is -0.230.